The average molecular weight is 180 g/mol. The highest BCUT2D eigenvalue weighted by atomic mass is 16.3. The molecule has 0 saturated heterocycles. The van der Waals surface area contributed by atoms with Gasteiger partial charge in [0.1, 0.15) is 6.04 Å². The van der Waals surface area contributed by atoms with E-state index in [0.29, 0.717) is 6.04 Å². The van der Waals surface area contributed by atoms with Crippen LogP contribution in [0.2, 0.25) is 0 Å². The number of phenolic OH excluding ortho intramolecular Hbond substituents is 2. The van der Waals surface area contributed by atoms with Gasteiger partial charge in [-0.1, -0.05) is 0 Å². The Hall–Kier alpha value is -1.22. The van der Waals surface area contributed by atoms with Gasteiger partial charge < -0.3 is 15.5 Å². The number of phenols is 2. The lowest BCUT2D eigenvalue weighted by Gasteiger charge is -2.21. The Balaban J connectivity index is 2.52. The zero-order chi connectivity index (χ0) is 9.42. The van der Waals surface area contributed by atoms with Crippen LogP contribution in [0.3, 0.4) is 0 Å². The van der Waals surface area contributed by atoms with Gasteiger partial charge in [0, 0.05) is 12.0 Å². The first-order valence-electron chi connectivity index (χ1n) is 4.56. The first-order chi connectivity index (χ1) is 6.18. The highest BCUT2D eigenvalue weighted by Crippen LogP contribution is 2.31. The van der Waals surface area contributed by atoms with Gasteiger partial charge in [0.15, 0.2) is 11.5 Å². The molecule has 3 nitrogen and oxygen atoms in total. The molecule has 0 fully saturated rings. The Morgan fingerprint density at radius 1 is 1.31 bits per heavy atom. The fourth-order valence-electron chi connectivity index (χ4n) is 1.89. The Morgan fingerprint density at radius 2 is 2.00 bits per heavy atom. The molecule has 0 aliphatic carbocycles. The zero-order valence-corrected chi connectivity index (χ0v) is 7.62. The molecule has 0 radical (unpaired) electrons. The fraction of sp³-hybridized carbons (Fsp3) is 0.400. The Labute approximate surface area is 77.0 Å². The minimum absolute atomic E-state index is 0.00662. The third kappa shape index (κ3) is 1.35. The second-order valence-corrected chi connectivity index (χ2v) is 3.60. The van der Waals surface area contributed by atoms with Gasteiger partial charge in [-0.25, -0.2) is 0 Å². The molecule has 0 spiro atoms. The Bertz CT molecular complexity index is 336. The van der Waals surface area contributed by atoms with Crippen molar-refractivity contribution in [2.75, 3.05) is 6.54 Å². The van der Waals surface area contributed by atoms with Crippen molar-refractivity contribution in [3.8, 4) is 11.5 Å². The molecule has 0 amide bonds. The van der Waals surface area contributed by atoms with Gasteiger partial charge in [-0.3, -0.25) is 0 Å². The van der Waals surface area contributed by atoms with Crippen LogP contribution in [-0.4, -0.2) is 16.8 Å². The van der Waals surface area contributed by atoms with Gasteiger partial charge in [-0.05, 0) is 24.6 Å². The third-order valence-electron chi connectivity index (χ3n) is 2.66. The maximum absolute atomic E-state index is 9.33. The SMILES string of the molecule is CC1[NH2+]CCc2cc(O)c(O)cc21. The molecule has 0 bridgehead atoms. The van der Waals surface area contributed by atoms with Crippen molar-refractivity contribution in [2.24, 2.45) is 0 Å². The molecule has 1 aliphatic rings. The van der Waals surface area contributed by atoms with Crippen LogP contribution in [-0.2, 0) is 6.42 Å². The number of aromatic hydroxyl groups is 2. The van der Waals surface area contributed by atoms with Crippen molar-refractivity contribution in [1.82, 2.24) is 0 Å². The largest absolute Gasteiger partial charge is 0.504 e. The topological polar surface area (TPSA) is 57.1 Å². The van der Waals surface area contributed by atoms with E-state index >= 15 is 0 Å². The molecule has 1 atom stereocenters. The summed E-state index contributed by atoms with van der Waals surface area (Å²) in [6.45, 7) is 3.16. The second kappa shape index (κ2) is 2.92. The quantitative estimate of drug-likeness (QED) is 0.502. The van der Waals surface area contributed by atoms with Crippen LogP contribution in [0.5, 0.6) is 11.5 Å². The molecule has 1 aromatic carbocycles. The first-order valence-corrected chi connectivity index (χ1v) is 4.56. The number of rotatable bonds is 0. The summed E-state index contributed by atoms with van der Waals surface area (Å²) in [5, 5.41) is 20.9. The molecule has 1 heterocycles. The van der Waals surface area contributed by atoms with E-state index in [4.69, 9.17) is 0 Å². The first kappa shape index (κ1) is 8.38. The molecule has 1 aliphatic heterocycles. The van der Waals surface area contributed by atoms with E-state index in [0.717, 1.165) is 24.1 Å². The number of quaternary nitrogens is 1. The summed E-state index contributed by atoms with van der Waals surface area (Å²) in [5.74, 6) is -0.0197. The maximum atomic E-state index is 9.33. The highest BCUT2D eigenvalue weighted by molar-refractivity contribution is 5.46. The number of hydrogen-bond donors (Lipinski definition) is 3. The molecule has 1 unspecified atom stereocenters. The van der Waals surface area contributed by atoms with E-state index < -0.39 is 0 Å². The van der Waals surface area contributed by atoms with Crippen molar-refractivity contribution < 1.29 is 15.5 Å². The van der Waals surface area contributed by atoms with Crippen LogP contribution in [0.1, 0.15) is 24.1 Å². The molecule has 70 valence electrons. The lowest BCUT2D eigenvalue weighted by Crippen LogP contribution is -2.86. The highest BCUT2D eigenvalue weighted by Gasteiger charge is 2.20. The van der Waals surface area contributed by atoms with Crippen LogP contribution in [0, 0.1) is 0 Å². The van der Waals surface area contributed by atoms with E-state index in [-0.39, 0.29) is 11.5 Å². The van der Waals surface area contributed by atoms with E-state index in [1.165, 1.54) is 0 Å². The van der Waals surface area contributed by atoms with Gasteiger partial charge in [-0.15, -0.1) is 0 Å². The van der Waals surface area contributed by atoms with Gasteiger partial charge >= 0.3 is 0 Å². The standard InChI is InChI=1S/C10H13NO2/c1-6-8-5-10(13)9(12)4-7(8)2-3-11-6/h4-6,11-13H,2-3H2,1H3/p+1. The molecule has 3 heteroatoms. The summed E-state index contributed by atoms with van der Waals surface area (Å²) < 4.78 is 0. The van der Waals surface area contributed by atoms with Gasteiger partial charge in [0.25, 0.3) is 0 Å². The van der Waals surface area contributed by atoms with Crippen LogP contribution < -0.4 is 5.32 Å². The Kier molecular flexibility index (Phi) is 1.88. The molecule has 0 saturated carbocycles. The Morgan fingerprint density at radius 3 is 2.77 bits per heavy atom. The summed E-state index contributed by atoms with van der Waals surface area (Å²) in [4.78, 5) is 0. The van der Waals surface area contributed by atoms with Crippen molar-refractivity contribution in [1.29, 1.82) is 0 Å². The van der Waals surface area contributed by atoms with Crippen molar-refractivity contribution in [3.05, 3.63) is 23.3 Å². The van der Waals surface area contributed by atoms with Gasteiger partial charge in [0.05, 0.1) is 6.54 Å². The van der Waals surface area contributed by atoms with E-state index in [1.54, 1.807) is 12.1 Å². The fourth-order valence-corrected chi connectivity index (χ4v) is 1.89. The van der Waals surface area contributed by atoms with E-state index in [9.17, 15) is 10.2 Å². The van der Waals surface area contributed by atoms with Crippen LogP contribution in [0.15, 0.2) is 12.1 Å². The van der Waals surface area contributed by atoms with Crippen LogP contribution in [0.25, 0.3) is 0 Å². The summed E-state index contributed by atoms with van der Waals surface area (Å²) in [5.41, 5.74) is 2.30. The summed E-state index contributed by atoms with van der Waals surface area (Å²) in [6, 6.07) is 3.73. The summed E-state index contributed by atoms with van der Waals surface area (Å²) >= 11 is 0. The van der Waals surface area contributed by atoms with Crippen molar-refractivity contribution >= 4 is 0 Å². The van der Waals surface area contributed by atoms with Gasteiger partial charge in [0.2, 0.25) is 0 Å². The van der Waals surface area contributed by atoms with Crippen LogP contribution >= 0.6 is 0 Å². The molecule has 1 aromatic rings. The van der Waals surface area contributed by atoms with Crippen molar-refractivity contribution in [2.45, 2.75) is 19.4 Å². The van der Waals surface area contributed by atoms with E-state index in [2.05, 4.69) is 12.2 Å². The molecule has 2 rings (SSSR count). The van der Waals surface area contributed by atoms with Gasteiger partial charge in [-0.2, -0.15) is 0 Å². The smallest absolute Gasteiger partial charge is 0.157 e. The predicted molar refractivity (Wildman–Crippen MR) is 48.7 cm³/mol. The molecule has 4 N–H and O–H groups in total. The second-order valence-electron chi connectivity index (χ2n) is 3.60. The summed E-state index contributed by atoms with van der Waals surface area (Å²) in [6.07, 6.45) is 0.966. The molecular formula is C10H14NO2+. The predicted octanol–water partition coefficient (Wildman–Crippen LogP) is 0.278. The zero-order valence-electron chi connectivity index (χ0n) is 7.62. The molecule has 0 aromatic heterocycles. The molecular weight excluding hydrogens is 166 g/mol. The third-order valence-corrected chi connectivity index (χ3v) is 2.66. The monoisotopic (exact) mass is 180 g/mol. The summed E-state index contributed by atoms with van der Waals surface area (Å²) in [7, 11) is 0. The number of fused-ring (bicyclic) bond motifs is 1. The lowest BCUT2D eigenvalue weighted by molar-refractivity contribution is -0.695. The molecule has 13 heavy (non-hydrogen) atoms. The van der Waals surface area contributed by atoms with Crippen molar-refractivity contribution in [3.63, 3.8) is 0 Å². The lowest BCUT2D eigenvalue weighted by atomic mass is 9.95. The van der Waals surface area contributed by atoms with Crippen LogP contribution in [0.4, 0.5) is 0 Å². The minimum Gasteiger partial charge on any atom is -0.504 e. The van der Waals surface area contributed by atoms with E-state index in [1.807, 2.05) is 0 Å². The number of nitrogens with two attached hydrogens (primary N) is 1. The minimum atomic E-state index is -0.0131. The number of hydrogen-bond acceptors (Lipinski definition) is 2. The maximum Gasteiger partial charge on any atom is 0.157 e. The number of benzene rings is 1. The normalized spacial score (nSPS) is 21.2. The average Bonchev–Trinajstić information content (AvgIpc) is 2.09.